The van der Waals surface area contributed by atoms with Gasteiger partial charge in [0, 0.05) is 6.54 Å². The van der Waals surface area contributed by atoms with Gasteiger partial charge in [-0.2, -0.15) is 13.2 Å². The van der Waals surface area contributed by atoms with Crippen molar-refractivity contribution in [3.05, 3.63) is 53.9 Å². The van der Waals surface area contributed by atoms with Gasteiger partial charge < -0.3 is 14.6 Å². The molecule has 3 aromatic rings. The molecule has 0 fully saturated rings. The summed E-state index contributed by atoms with van der Waals surface area (Å²) in [5.41, 5.74) is -0.342. The molecule has 0 radical (unpaired) electrons. The molecule has 4 rings (SSSR count). The standard InChI is InChI=1S/C19H16F3N5O2/c20-19(21,22)12-6-7-13-15(10-12)29-9-2-1-8-27-11-23-26-17(27)14-4-3-5-16(24-14)25-18(13)28/h3-7,10-11H,1-2,8-9H2,(H,24,25,28). The van der Waals surface area contributed by atoms with E-state index in [0.29, 0.717) is 30.9 Å². The fourth-order valence-electron chi connectivity index (χ4n) is 3.00. The summed E-state index contributed by atoms with van der Waals surface area (Å²) >= 11 is 0. The molecule has 1 aromatic carbocycles. The molecule has 1 aliphatic rings. The van der Waals surface area contributed by atoms with E-state index < -0.39 is 17.6 Å². The van der Waals surface area contributed by atoms with Crippen LogP contribution >= 0.6 is 0 Å². The first-order valence-electron chi connectivity index (χ1n) is 8.92. The zero-order valence-electron chi connectivity index (χ0n) is 15.1. The molecule has 2 aromatic heterocycles. The first-order chi connectivity index (χ1) is 13.9. The van der Waals surface area contributed by atoms with Crippen molar-refractivity contribution in [2.75, 3.05) is 11.9 Å². The largest absolute Gasteiger partial charge is 0.493 e. The zero-order chi connectivity index (χ0) is 20.4. The number of fused-ring (bicyclic) bond motifs is 5. The molecule has 0 unspecified atom stereocenters. The molecule has 0 spiro atoms. The Balaban J connectivity index is 1.73. The Morgan fingerprint density at radius 1 is 1.14 bits per heavy atom. The summed E-state index contributed by atoms with van der Waals surface area (Å²) in [6, 6.07) is 7.85. The average molecular weight is 403 g/mol. The third-order valence-corrected chi connectivity index (χ3v) is 4.44. The van der Waals surface area contributed by atoms with E-state index in [-0.39, 0.29) is 23.7 Å². The molecule has 29 heavy (non-hydrogen) atoms. The van der Waals surface area contributed by atoms with E-state index in [4.69, 9.17) is 4.74 Å². The Morgan fingerprint density at radius 3 is 2.83 bits per heavy atom. The number of alkyl halides is 3. The number of aromatic nitrogens is 4. The van der Waals surface area contributed by atoms with Crippen LogP contribution in [0, 0.1) is 0 Å². The third kappa shape index (κ3) is 4.05. The lowest BCUT2D eigenvalue weighted by Crippen LogP contribution is -2.17. The Labute approximate surface area is 163 Å². The number of halogens is 3. The molecule has 2 bridgehead atoms. The lowest BCUT2D eigenvalue weighted by molar-refractivity contribution is -0.137. The molecule has 150 valence electrons. The predicted octanol–water partition coefficient (Wildman–Crippen LogP) is 3.78. The first-order valence-corrected chi connectivity index (χ1v) is 8.92. The number of nitrogens with zero attached hydrogens (tertiary/aromatic N) is 4. The quantitative estimate of drug-likeness (QED) is 0.618. The van der Waals surface area contributed by atoms with Gasteiger partial charge in [0.1, 0.15) is 23.6 Å². The Bertz CT molecular complexity index is 1050. The topological polar surface area (TPSA) is 81.9 Å². The summed E-state index contributed by atoms with van der Waals surface area (Å²) in [5.74, 6) is 0.0756. The van der Waals surface area contributed by atoms with E-state index in [9.17, 15) is 18.0 Å². The van der Waals surface area contributed by atoms with Crippen molar-refractivity contribution in [1.29, 1.82) is 0 Å². The van der Waals surface area contributed by atoms with Gasteiger partial charge in [-0.1, -0.05) is 6.07 Å². The monoisotopic (exact) mass is 403 g/mol. The number of ether oxygens (including phenoxy) is 1. The smallest absolute Gasteiger partial charge is 0.416 e. The van der Waals surface area contributed by atoms with Crippen LogP contribution in [0.4, 0.5) is 19.0 Å². The second kappa shape index (κ2) is 7.53. The summed E-state index contributed by atoms with van der Waals surface area (Å²) < 4.78 is 46.6. The maximum absolute atomic E-state index is 13.1. The number of aryl methyl sites for hydroxylation is 1. The van der Waals surface area contributed by atoms with Crippen LogP contribution in [0.5, 0.6) is 5.75 Å². The van der Waals surface area contributed by atoms with Crippen molar-refractivity contribution < 1.29 is 22.7 Å². The predicted molar refractivity (Wildman–Crippen MR) is 97.4 cm³/mol. The number of carbonyl (C=O) groups excluding carboxylic acids is 1. The molecule has 0 atom stereocenters. The highest BCUT2D eigenvalue weighted by Gasteiger charge is 2.32. The number of carbonyl (C=O) groups is 1. The van der Waals surface area contributed by atoms with Gasteiger partial charge in [-0.25, -0.2) is 4.98 Å². The van der Waals surface area contributed by atoms with Crippen LogP contribution in [0.1, 0.15) is 28.8 Å². The summed E-state index contributed by atoms with van der Waals surface area (Å²) in [6.07, 6.45) is -1.69. The first kappa shape index (κ1) is 18.9. The molecule has 1 aliphatic heterocycles. The molecule has 7 nitrogen and oxygen atoms in total. The molecule has 0 aliphatic carbocycles. The van der Waals surface area contributed by atoms with Gasteiger partial charge in [0.15, 0.2) is 5.82 Å². The van der Waals surface area contributed by atoms with Gasteiger partial charge in [-0.05, 0) is 43.2 Å². The number of nitrogens with one attached hydrogen (secondary N) is 1. The maximum atomic E-state index is 13.1. The number of hydrogen-bond donors (Lipinski definition) is 1. The highest BCUT2D eigenvalue weighted by Crippen LogP contribution is 2.33. The van der Waals surface area contributed by atoms with E-state index in [1.54, 1.807) is 24.5 Å². The van der Waals surface area contributed by atoms with Gasteiger partial charge in [0.2, 0.25) is 0 Å². The van der Waals surface area contributed by atoms with Crippen LogP contribution in [-0.4, -0.2) is 32.3 Å². The molecule has 0 saturated heterocycles. The molecule has 0 saturated carbocycles. The fraction of sp³-hybridized carbons (Fsp3) is 0.263. The molecule has 1 amide bonds. The summed E-state index contributed by atoms with van der Waals surface area (Å²) in [4.78, 5) is 17.1. The van der Waals surface area contributed by atoms with E-state index in [1.165, 1.54) is 0 Å². The number of pyridine rings is 1. The molecule has 1 N–H and O–H groups in total. The van der Waals surface area contributed by atoms with Gasteiger partial charge >= 0.3 is 6.18 Å². The van der Waals surface area contributed by atoms with E-state index in [0.717, 1.165) is 18.2 Å². The normalized spacial score (nSPS) is 14.8. The van der Waals surface area contributed by atoms with Gasteiger partial charge in [0.05, 0.1) is 17.7 Å². The van der Waals surface area contributed by atoms with E-state index >= 15 is 0 Å². The lowest BCUT2D eigenvalue weighted by atomic mass is 10.1. The summed E-state index contributed by atoms with van der Waals surface area (Å²) in [5, 5.41) is 10.6. The number of amides is 1. The van der Waals surface area contributed by atoms with Crippen molar-refractivity contribution in [1.82, 2.24) is 19.7 Å². The highest BCUT2D eigenvalue weighted by atomic mass is 19.4. The number of rotatable bonds is 0. The number of anilines is 1. The van der Waals surface area contributed by atoms with Gasteiger partial charge in [0.25, 0.3) is 5.91 Å². The second-order valence-corrected chi connectivity index (χ2v) is 6.47. The summed E-state index contributed by atoms with van der Waals surface area (Å²) in [7, 11) is 0. The van der Waals surface area contributed by atoms with Crippen LogP contribution < -0.4 is 10.1 Å². The Kier molecular flexibility index (Phi) is 4.91. The minimum absolute atomic E-state index is 0.00503. The minimum Gasteiger partial charge on any atom is -0.493 e. The maximum Gasteiger partial charge on any atom is 0.416 e. The minimum atomic E-state index is -4.53. The van der Waals surface area contributed by atoms with E-state index in [2.05, 4.69) is 20.5 Å². The van der Waals surface area contributed by atoms with E-state index in [1.807, 2.05) is 4.57 Å². The lowest BCUT2D eigenvalue weighted by Gasteiger charge is -2.15. The van der Waals surface area contributed by atoms with Crippen molar-refractivity contribution >= 4 is 11.7 Å². The van der Waals surface area contributed by atoms with Crippen molar-refractivity contribution in [3.8, 4) is 17.3 Å². The van der Waals surface area contributed by atoms with Crippen molar-refractivity contribution in [2.24, 2.45) is 0 Å². The average Bonchev–Trinajstić information content (AvgIpc) is 3.15. The van der Waals surface area contributed by atoms with Crippen LogP contribution in [0.25, 0.3) is 11.5 Å². The highest BCUT2D eigenvalue weighted by molar-refractivity contribution is 6.05. The van der Waals surface area contributed by atoms with Crippen molar-refractivity contribution in [2.45, 2.75) is 25.6 Å². The van der Waals surface area contributed by atoms with Gasteiger partial charge in [-0.3, -0.25) is 4.79 Å². The van der Waals surface area contributed by atoms with Crippen LogP contribution in [0.15, 0.2) is 42.7 Å². The number of benzene rings is 1. The molecular weight excluding hydrogens is 387 g/mol. The Hall–Kier alpha value is -3.43. The van der Waals surface area contributed by atoms with Crippen LogP contribution in [0.2, 0.25) is 0 Å². The third-order valence-electron chi connectivity index (χ3n) is 4.44. The number of hydrogen-bond acceptors (Lipinski definition) is 5. The summed E-state index contributed by atoms with van der Waals surface area (Å²) in [6.45, 7) is 0.766. The molecule has 10 heteroatoms. The van der Waals surface area contributed by atoms with Gasteiger partial charge in [-0.15, -0.1) is 10.2 Å². The fourth-order valence-corrected chi connectivity index (χ4v) is 3.00. The molecular formula is C19H16F3N5O2. The SMILES string of the molecule is O=C1Nc2cccc(n2)-c2nncn2CCCCOc2cc(C(F)(F)F)ccc21. The van der Waals surface area contributed by atoms with Crippen LogP contribution in [0.3, 0.4) is 0 Å². The van der Waals surface area contributed by atoms with Crippen molar-refractivity contribution in [3.63, 3.8) is 0 Å². The zero-order valence-corrected chi connectivity index (χ0v) is 15.1. The second-order valence-electron chi connectivity index (χ2n) is 6.47. The molecule has 3 heterocycles. The van der Waals surface area contributed by atoms with Crippen LogP contribution in [-0.2, 0) is 12.7 Å². The Morgan fingerprint density at radius 2 is 2.00 bits per heavy atom.